The van der Waals surface area contributed by atoms with Gasteiger partial charge in [-0.05, 0) is 30.7 Å². The van der Waals surface area contributed by atoms with Crippen molar-refractivity contribution in [1.29, 1.82) is 0 Å². The van der Waals surface area contributed by atoms with Crippen molar-refractivity contribution in [1.82, 2.24) is 0 Å². The van der Waals surface area contributed by atoms with Crippen molar-refractivity contribution in [2.75, 3.05) is 0 Å². The highest BCUT2D eigenvalue weighted by Gasteiger charge is 2.27. The van der Waals surface area contributed by atoms with Gasteiger partial charge in [-0.3, -0.25) is 9.00 Å². The molecule has 0 aromatic heterocycles. The number of benzene rings is 1. The summed E-state index contributed by atoms with van der Waals surface area (Å²) < 4.78 is 24.6. The zero-order chi connectivity index (χ0) is 10.8. The molecule has 0 N–H and O–H groups in total. The molecule has 0 radical (unpaired) electrons. The van der Waals surface area contributed by atoms with Crippen LogP contribution in [0.4, 0.5) is 4.39 Å². The maximum atomic E-state index is 12.6. The van der Waals surface area contributed by atoms with Gasteiger partial charge in [-0.1, -0.05) is 0 Å². The summed E-state index contributed by atoms with van der Waals surface area (Å²) in [5.74, 6) is -0.159. The fourth-order valence-electron chi connectivity index (χ4n) is 1.72. The van der Waals surface area contributed by atoms with Crippen LogP contribution in [-0.2, 0) is 15.6 Å². The number of carbonyl (C=O) groups is 1. The van der Waals surface area contributed by atoms with E-state index < -0.39 is 10.8 Å². The first-order valence-corrected chi connectivity index (χ1v) is 6.06. The van der Waals surface area contributed by atoms with Crippen LogP contribution in [0.2, 0.25) is 0 Å². The number of Topliss-reactive ketones (excluding diaryl/α,β-unsaturated/α-hetero) is 1. The van der Waals surface area contributed by atoms with E-state index >= 15 is 0 Å². The molecule has 0 heterocycles. The number of hydrogen-bond donors (Lipinski definition) is 0. The van der Waals surface area contributed by atoms with Crippen molar-refractivity contribution >= 4 is 16.6 Å². The predicted molar refractivity (Wildman–Crippen MR) is 55.5 cm³/mol. The summed E-state index contributed by atoms with van der Waals surface area (Å²) in [7, 11) is -1.18. The number of ketones is 1. The summed E-state index contributed by atoms with van der Waals surface area (Å²) in [6, 6.07) is 5.64. The molecular weight excluding hydrogens is 215 g/mol. The van der Waals surface area contributed by atoms with Crippen LogP contribution in [0.15, 0.2) is 29.2 Å². The van der Waals surface area contributed by atoms with Gasteiger partial charge in [-0.25, -0.2) is 4.39 Å². The maximum absolute atomic E-state index is 12.6. The highest BCUT2D eigenvalue weighted by molar-refractivity contribution is 7.85. The van der Waals surface area contributed by atoms with Crippen LogP contribution in [-0.4, -0.2) is 15.2 Å². The molecule has 2 nitrogen and oxygen atoms in total. The fourth-order valence-corrected chi connectivity index (χ4v) is 3.18. The normalized spacial score (nSPS) is 23.0. The fraction of sp³-hybridized carbons (Fsp3) is 0.364. The second-order valence-electron chi connectivity index (χ2n) is 3.65. The van der Waals surface area contributed by atoms with Gasteiger partial charge in [-0.15, -0.1) is 0 Å². The Balaban J connectivity index is 2.14. The lowest BCUT2D eigenvalue weighted by molar-refractivity contribution is -0.117. The van der Waals surface area contributed by atoms with E-state index in [-0.39, 0.29) is 16.9 Å². The summed E-state index contributed by atoms with van der Waals surface area (Å²) >= 11 is 0. The molecule has 0 amide bonds. The zero-order valence-electron chi connectivity index (χ0n) is 8.11. The molecule has 1 fully saturated rings. The van der Waals surface area contributed by atoms with Gasteiger partial charge in [-0.2, -0.15) is 0 Å². The third-order valence-electron chi connectivity index (χ3n) is 2.55. The summed E-state index contributed by atoms with van der Waals surface area (Å²) in [4.78, 5) is 11.7. The Bertz CT molecular complexity index is 400. The van der Waals surface area contributed by atoms with Gasteiger partial charge in [0.2, 0.25) is 0 Å². The Kier molecular flexibility index (Phi) is 2.95. The molecule has 0 aliphatic heterocycles. The van der Waals surface area contributed by atoms with Gasteiger partial charge in [0.15, 0.2) is 0 Å². The lowest BCUT2D eigenvalue weighted by atomic mass is 10.3. The Labute approximate surface area is 90.0 Å². The van der Waals surface area contributed by atoms with E-state index in [9.17, 15) is 13.4 Å². The first kappa shape index (κ1) is 10.5. The van der Waals surface area contributed by atoms with Crippen molar-refractivity contribution < 1.29 is 13.4 Å². The first-order valence-electron chi connectivity index (χ1n) is 4.84. The van der Waals surface area contributed by atoms with E-state index in [0.717, 1.165) is 0 Å². The molecule has 1 aromatic carbocycles. The summed E-state index contributed by atoms with van der Waals surface area (Å²) in [6.07, 6.45) is 1.60. The van der Waals surface area contributed by atoms with Crippen LogP contribution in [0.3, 0.4) is 0 Å². The minimum absolute atomic E-state index is 0.0806. The summed E-state index contributed by atoms with van der Waals surface area (Å²) in [5.41, 5.74) is 0. The highest BCUT2D eigenvalue weighted by atomic mass is 32.2. The highest BCUT2D eigenvalue weighted by Crippen LogP contribution is 2.24. The second-order valence-corrected chi connectivity index (χ2v) is 5.39. The minimum Gasteiger partial charge on any atom is -0.300 e. The van der Waals surface area contributed by atoms with Gasteiger partial charge in [0.25, 0.3) is 0 Å². The Morgan fingerprint density at radius 1 is 1.27 bits per heavy atom. The number of halogens is 1. The molecule has 4 heteroatoms. The molecule has 1 aliphatic rings. The molecule has 0 bridgehead atoms. The van der Waals surface area contributed by atoms with Gasteiger partial charge in [0, 0.05) is 23.0 Å². The van der Waals surface area contributed by atoms with E-state index in [4.69, 9.17) is 0 Å². The summed E-state index contributed by atoms with van der Waals surface area (Å²) in [5, 5.41) is -0.0806. The van der Waals surface area contributed by atoms with Crippen molar-refractivity contribution in [3.8, 4) is 0 Å². The molecule has 2 atom stereocenters. The molecule has 0 saturated heterocycles. The number of hydrogen-bond acceptors (Lipinski definition) is 2. The van der Waals surface area contributed by atoms with Gasteiger partial charge in [0.05, 0.1) is 10.8 Å². The van der Waals surface area contributed by atoms with Gasteiger partial charge in [0.1, 0.15) is 11.6 Å². The molecule has 1 aromatic rings. The van der Waals surface area contributed by atoms with Crippen molar-refractivity contribution in [2.45, 2.75) is 29.4 Å². The van der Waals surface area contributed by atoms with Crippen LogP contribution in [0.5, 0.6) is 0 Å². The largest absolute Gasteiger partial charge is 0.300 e. The maximum Gasteiger partial charge on any atom is 0.134 e. The SMILES string of the molecule is O=C1CCC(S(=O)c2ccc(F)cc2)C1. The third kappa shape index (κ3) is 2.31. The smallest absolute Gasteiger partial charge is 0.134 e. The predicted octanol–water partition coefficient (Wildman–Crippen LogP) is 2.05. The van der Waals surface area contributed by atoms with E-state index in [2.05, 4.69) is 0 Å². The Morgan fingerprint density at radius 2 is 1.93 bits per heavy atom. The molecular formula is C11H11FO2S. The average Bonchev–Trinajstić information content (AvgIpc) is 2.65. The Morgan fingerprint density at radius 3 is 2.47 bits per heavy atom. The van der Waals surface area contributed by atoms with Crippen LogP contribution < -0.4 is 0 Å². The molecule has 1 saturated carbocycles. The van der Waals surface area contributed by atoms with Crippen LogP contribution in [0.25, 0.3) is 0 Å². The Hall–Kier alpha value is -1.03. The molecule has 2 rings (SSSR count). The van der Waals surface area contributed by atoms with Crippen molar-refractivity contribution in [3.05, 3.63) is 30.1 Å². The number of carbonyl (C=O) groups excluding carboxylic acids is 1. The van der Waals surface area contributed by atoms with Gasteiger partial charge >= 0.3 is 0 Å². The van der Waals surface area contributed by atoms with E-state index in [0.29, 0.717) is 24.2 Å². The minimum atomic E-state index is -1.18. The van der Waals surface area contributed by atoms with E-state index in [1.807, 2.05) is 0 Å². The number of rotatable bonds is 2. The second kappa shape index (κ2) is 4.23. The molecule has 0 spiro atoms. The molecule has 2 unspecified atom stereocenters. The summed E-state index contributed by atoms with van der Waals surface area (Å²) in [6.45, 7) is 0. The average molecular weight is 226 g/mol. The van der Waals surface area contributed by atoms with Crippen LogP contribution in [0.1, 0.15) is 19.3 Å². The van der Waals surface area contributed by atoms with Crippen LogP contribution in [0, 0.1) is 5.82 Å². The lowest BCUT2D eigenvalue weighted by Gasteiger charge is -2.07. The van der Waals surface area contributed by atoms with Crippen molar-refractivity contribution in [2.24, 2.45) is 0 Å². The van der Waals surface area contributed by atoms with Gasteiger partial charge < -0.3 is 0 Å². The van der Waals surface area contributed by atoms with E-state index in [1.54, 1.807) is 0 Å². The first-order chi connectivity index (χ1) is 7.16. The van der Waals surface area contributed by atoms with Crippen LogP contribution >= 0.6 is 0 Å². The lowest BCUT2D eigenvalue weighted by Crippen LogP contribution is -2.11. The quantitative estimate of drug-likeness (QED) is 0.773. The zero-order valence-corrected chi connectivity index (χ0v) is 8.93. The van der Waals surface area contributed by atoms with E-state index in [1.165, 1.54) is 24.3 Å². The standard InChI is InChI=1S/C11H11FO2S/c12-8-1-4-10(5-2-8)15(14)11-6-3-9(13)7-11/h1-2,4-5,11H,3,6-7H2. The topological polar surface area (TPSA) is 34.1 Å². The monoisotopic (exact) mass is 226 g/mol. The van der Waals surface area contributed by atoms with Crippen molar-refractivity contribution in [3.63, 3.8) is 0 Å². The molecule has 1 aliphatic carbocycles. The molecule has 80 valence electrons. The third-order valence-corrected chi connectivity index (χ3v) is 4.29. The molecule has 15 heavy (non-hydrogen) atoms.